The summed E-state index contributed by atoms with van der Waals surface area (Å²) in [5.74, 6) is 0.719. The summed E-state index contributed by atoms with van der Waals surface area (Å²) in [6, 6.07) is 13.3. The van der Waals surface area contributed by atoms with Crippen molar-refractivity contribution in [3.8, 4) is 16.9 Å². The minimum Gasteiger partial charge on any atom is -0.507 e. The predicted molar refractivity (Wildman–Crippen MR) is 84.8 cm³/mol. The van der Waals surface area contributed by atoms with Crippen molar-refractivity contribution in [2.75, 3.05) is 0 Å². The molecule has 1 fully saturated rings. The van der Waals surface area contributed by atoms with Crippen molar-refractivity contribution >= 4 is 6.29 Å². The fourth-order valence-electron chi connectivity index (χ4n) is 3.44. The Balaban J connectivity index is 2.13. The molecule has 2 nitrogen and oxygen atoms in total. The quantitative estimate of drug-likeness (QED) is 0.810. The molecule has 0 heterocycles. The van der Waals surface area contributed by atoms with Crippen LogP contribution in [-0.4, -0.2) is 11.4 Å². The van der Waals surface area contributed by atoms with Crippen LogP contribution in [0.25, 0.3) is 11.1 Å². The van der Waals surface area contributed by atoms with Crippen LogP contribution in [0, 0.1) is 0 Å². The lowest BCUT2D eigenvalue weighted by atomic mass is 9.80. The number of carbonyl (C=O) groups is 1. The molecule has 0 atom stereocenters. The number of hydrogen-bond acceptors (Lipinski definition) is 2. The van der Waals surface area contributed by atoms with Gasteiger partial charge in [0.05, 0.1) is 0 Å². The molecule has 0 radical (unpaired) electrons. The van der Waals surface area contributed by atoms with E-state index in [9.17, 15) is 9.90 Å². The highest BCUT2D eigenvalue weighted by Crippen LogP contribution is 2.41. The molecule has 0 bridgehead atoms. The van der Waals surface area contributed by atoms with Gasteiger partial charge in [0, 0.05) is 11.1 Å². The summed E-state index contributed by atoms with van der Waals surface area (Å²) in [6.07, 6.45) is 7.06. The summed E-state index contributed by atoms with van der Waals surface area (Å²) in [6.45, 7) is 0. The first kappa shape index (κ1) is 13.9. The van der Waals surface area contributed by atoms with Gasteiger partial charge in [0.2, 0.25) is 0 Å². The number of hydrogen-bond donors (Lipinski definition) is 1. The molecule has 1 aliphatic rings. The van der Waals surface area contributed by atoms with Gasteiger partial charge in [-0.25, -0.2) is 0 Å². The predicted octanol–water partition coefficient (Wildman–Crippen LogP) is 4.92. The van der Waals surface area contributed by atoms with Crippen LogP contribution in [0.4, 0.5) is 0 Å². The van der Waals surface area contributed by atoms with Gasteiger partial charge in [-0.05, 0) is 36.0 Å². The zero-order valence-electron chi connectivity index (χ0n) is 12.1. The zero-order valence-corrected chi connectivity index (χ0v) is 12.1. The van der Waals surface area contributed by atoms with Crippen molar-refractivity contribution in [1.82, 2.24) is 0 Å². The van der Waals surface area contributed by atoms with E-state index in [1.54, 1.807) is 18.2 Å². The molecular formula is C19H20O2. The summed E-state index contributed by atoms with van der Waals surface area (Å²) < 4.78 is 0. The minimum atomic E-state index is 0.183. The van der Waals surface area contributed by atoms with Crippen molar-refractivity contribution in [2.24, 2.45) is 0 Å². The lowest BCUT2D eigenvalue weighted by molar-refractivity contribution is 0.112. The second-order valence-electron chi connectivity index (χ2n) is 5.78. The van der Waals surface area contributed by atoms with Crippen molar-refractivity contribution < 1.29 is 9.90 Å². The van der Waals surface area contributed by atoms with Gasteiger partial charge in [-0.15, -0.1) is 0 Å². The number of rotatable bonds is 3. The SMILES string of the molecule is O=Cc1cccc(O)c1-c1ccccc1C1CCCCC1. The third kappa shape index (κ3) is 2.71. The Hall–Kier alpha value is -2.09. The van der Waals surface area contributed by atoms with Crippen LogP contribution in [0.5, 0.6) is 5.75 Å². The molecule has 2 aromatic rings. The van der Waals surface area contributed by atoms with Crippen LogP contribution in [-0.2, 0) is 0 Å². The zero-order chi connectivity index (χ0) is 14.7. The first-order chi connectivity index (χ1) is 10.3. The van der Waals surface area contributed by atoms with Gasteiger partial charge in [0.15, 0.2) is 6.29 Å². The van der Waals surface area contributed by atoms with Crippen LogP contribution in [0.1, 0.15) is 53.9 Å². The van der Waals surface area contributed by atoms with Crippen LogP contribution >= 0.6 is 0 Å². The molecule has 2 aromatic carbocycles. The standard InChI is InChI=1S/C19H20O2/c20-13-15-9-6-12-18(21)19(15)17-11-5-4-10-16(17)14-7-2-1-3-8-14/h4-6,9-14,21H,1-3,7-8H2. The van der Waals surface area contributed by atoms with Gasteiger partial charge in [0.25, 0.3) is 0 Å². The second kappa shape index (κ2) is 6.13. The average molecular weight is 280 g/mol. The Morgan fingerprint density at radius 3 is 2.48 bits per heavy atom. The fourth-order valence-corrected chi connectivity index (χ4v) is 3.44. The molecule has 1 aliphatic carbocycles. The summed E-state index contributed by atoms with van der Waals surface area (Å²) in [7, 11) is 0. The average Bonchev–Trinajstić information content (AvgIpc) is 2.55. The molecule has 0 aromatic heterocycles. The van der Waals surface area contributed by atoms with E-state index in [4.69, 9.17) is 0 Å². The summed E-state index contributed by atoms with van der Waals surface area (Å²) in [5, 5.41) is 10.2. The molecule has 0 unspecified atom stereocenters. The Bertz CT molecular complexity index is 640. The molecule has 108 valence electrons. The van der Waals surface area contributed by atoms with E-state index < -0.39 is 0 Å². The second-order valence-corrected chi connectivity index (χ2v) is 5.78. The summed E-state index contributed by atoms with van der Waals surface area (Å²) in [4.78, 5) is 11.3. The van der Waals surface area contributed by atoms with Crippen LogP contribution in [0.2, 0.25) is 0 Å². The van der Waals surface area contributed by atoms with E-state index >= 15 is 0 Å². The van der Waals surface area contributed by atoms with Crippen LogP contribution < -0.4 is 0 Å². The number of benzene rings is 2. The van der Waals surface area contributed by atoms with Crippen molar-refractivity contribution in [2.45, 2.75) is 38.0 Å². The maximum absolute atomic E-state index is 11.3. The van der Waals surface area contributed by atoms with Gasteiger partial charge in [-0.3, -0.25) is 4.79 Å². The van der Waals surface area contributed by atoms with Gasteiger partial charge in [0.1, 0.15) is 5.75 Å². The van der Waals surface area contributed by atoms with E-state index in [1.807, 2.05) is 18.2 Å². The van der Waals surface area contributed by atoms with Gasteiger partial charge >= 0.3 is 0 Å². The largest absolute Gasteiger partial charge is 0.507 e. The van der Waals surface area contributed by atoms with Gasteiger partial charge < -0.3 is 5.11 Å². The van der Waals surface area contributed by atoms with E-state index in [1.165, 1.54) is 37.7 Å². The Morgan fingerprint density at radius 1 is 0.952 bits per heavy atom. The molecule has 1 saturated carbocycles. The third-order valence-electron chi connectivity index (χ3n) is 4.48. The molecular weight excluding hydrogens is 260 g/mol. The monoisotopic (exact) mass is 280 g/mol. The van der Waals surface area contributed by atoms with Crippen molar-refractivity contribution in [1.29, 1.82) is 0 Å². The first-order valence-electron chi connectivity index (χ1n) is 7.67. The Labute approximate surface area is 125 Å². The van der Waals surface area contributed by atoms with E-state index in [2.05, 4.69) is 6.07 Å². The van der Waals surface area contributed by atoms with Crippen molar-refractivity contribution in [3.63, 3.8) is 0 Å². The van der Waals surface area contributed by atoms with Gasteiger partial charge in [-0.2, -0.15) is 0 Å². The summed E-state index contributed by atoms with van der Waals surface area (Å²) in [5.41, 5.74) is 3.50. The molecule has 2 heteroatoms. The molecule has 0 spiro atoms. The lowest BCUT2D eigenvalue weighted by Gasteiger charge is -2.25. The number of aldehydes is 1. The highest BCUT2D eigenvalue weighted by atomic mass is 16.3. The third-order valence-corrected chi connectivity index (χ3v) is 4.48. The normalized spacial score (nSPS) is 15.8. The molecule has 21 heavy (non-hydrogen) atoms. The molecule has 1 N–H and O–H groups in total. The van der Waals surface area contributed by atoms with E-state index in [0.29, 0.717) is 17.0 Å². The molecule has 3 rings (SSSR count). The van der Waals surface area contributed by atoms with Crippen LogP contribution in [0.15, 0.2) is 42.5 Å². The number of phenolic OH excluding ortho intramolecular Hbond substituents is 1. The number of aromatic hydroxyl groups is 1. The number of carbonyl (C=O) groups excluding carboxylic acids is 1. The lowest BCUT2D eigenvalue weighted by Crippen LogP contribution is -2.06. The maximum Gasteiger partial charge on any atom is 0.150 e. The Kier molecular flexibility index (Phi) is 4.05. The minimum absolute atomic E-state index is 0.183. The van der Waals surface area contributed by atoms with Gasteiger partial charge in [-0.1, -0.05) is 55.7 Å². The topological polar surface area (TPSA) is 37.3 Å². The maximum atomic E-state index is 11.3. The van der Waals surface area contributed by atoms with Crippen LogP contribution in [0.3, 0.4) is 0 Å². The highest BCUT2D eigenvalue weighted by Gasteiger charge is 2.21. The molecule has 0 aliphatic heterocycles. The molecule has 0 amide bonds. The van der Waals surface area contributed by atoms with Crippen molar-refractivity contribution in [3.05, 3.63) is 53.6 Å². The fraction of sp³-hybridized carbons (Fsp3) is 0.316. The first-order valence-corrected chi connectivity index (χ1v) is 7.67. The van der Waals surface area contributed by atoms with E-state index in [0.717, 1.165) is 11.8 Å². The molecule has 0 saturated heterocycles. The highest BCUT2D eigenvalue weighted by molar-refractivity contribution is 5.91. The smallest absolute Gasteiger partial charge is 0.150 e. The number of phenols is 1. The summed E-state index contributed by atoms with van der Waals surface area (Å²) >= 11 is 0. The Morgan fingerprint density at radius 2 is 1.71 bits per heavy atom. The van der Waals surface area contributed by atoms with E-state index in [-0.39, 0.29) is 5.75 Å².